The van der Waals surface area contributed by atoms with E-state index in [1.54, 1.807) is 6.07 Å². The minimum absolute atomic E-state index is 0.111. The maximum absolute atomic E-state index is 13.4. The molecule has 0 spiro atoms. The van der Waals surface area contributed by atoms with Crippen LogP contribution in [-0.4, -0.2) is 30.6 Å². The standard InChI is InChI=1S/C15H22F2N2/c1-3-8-19(13-6-7-18-10-13)11(2)12-4-5-14(16)15(17)9-12/h4-5,9,11,13,18H,3,6-8,10H2,1-2H3. The Morgan fingerprint density at radius 3 is 2.74 bits per heavy atom. The summed E-state index contributed by atoms with van der Waals surface area (Å²) in [5.74, 6) is -1.54. The summed E-state index contributed by atoms with van der Waals surface area (Å²) in [6.45, 7) is 7.21. The number of benzene rings is 1. The minimum Gasteiger partial charge on any atom is -0.315 e. The Labute approximate surface area is 113 Å². The molecule has 1 aromatic carbocycles. The predicted molar refractivity (Wildman–Crippen MR) is 73.0 cm³/mol. The summed E-state index contributed by atoms with van der Waals surface area (Å²) in [5, 5.41) is 3.36. The number of halogens is 2. The molecule has 1 heterocycles. The fourth-order valence-electron chi connectivity index (χ4n) is 2.84. The van der Waals surface area contributed by atoms with Crippen LogP contribution in [0, 0.1) is 11.6 Å². The van der Waals surface area contributed by atoms with Crippen molar-refractivity contribution in [3.05, 3.63) is 35.4 Å². The van der Waals surface area contributed by atoms with Crippen molar-refractivity contribution < 1.29 is 8.78 Å². The second-order valence-electron chi connectivity index (χ2n) is 5.23. The predicted octanol–water partition coefficient (Wildman–Crippen LogP) is 3.10. The van der Waals surface area contributed by atoms with Crippen LogP contribution in [0.2, 0.25) is 0 Å². The van der Waals surface area contributed by atoms with Gasteiger partial charge >= 0.3 is 0 Å². The summed E-state index contributed by atoms with van der Waals surface area (Å²) >= 11 is 0. The van der Waals surface area contributed by atoms with E-state index >= 15 is 0 Å². The second kappa shape index (κ2) is 6.44. The molecule has 0 bridgehead atoms. The minimum atomic E-state index is -0.777. The molecule has 1 aliphatic heterocycles. The van der Waals surface area contributed by atoms with E-state index in [2.05, 4.69) is 24.1 Å². The summed E-state index contributed by atoms with van der Waals surface area (Å²) in [4.78, 5) is 2.40. The zero-order valence-corrected chi connectivity index (χ0v) is 11.6. The molecule has 0 saturated carbocycles. The van der Waals surface area contributed by atoms with E-state index in [4.69, 9.17) is 0 Å². The summed E-state index contributed by atoms with van der Waals surface area (Å²) in [5.41, 5.74) is 0.847. The normalized spacial score (nSPS) is 21.0. The van der Waals surface area contributed by atoms with Gasteiger partial charge in [0.25, 0.3) is 0 Å². The number of nitrogens with zero attached hydrogens (tertiary/aromatic N) is 1. The molecular formula is C15H22F2N2. The van der Waals surface area contributed by atoms with E-state index in [1.165, 1.54) is 12.1 Å². The molecule has 0 radical (unpaired) electrons. The van der Waals surface area contributed by atoms with Crippen molar-refractivity contribution >= 4 is 0 Å². The van der Waals surface area contributed by atoms with Crippen molar-refractivity contribution in [1.82, 2.24) is 10.2 Å². The molecule has 19 heavy (non-hydrogen) atoms. The van der Waals surface area contributed by atoms with Gasteiger partial charge in [0.15, 0.2) is 11.6 Å². The van der Waals surface area contributed by atoms with Gasteiger partial charge in [0, 0.05) is 18.6 Å². The number of nitrogens with one attached hydrogen (secondary N) is 1. The van der Waals surface area contributed by atoms with E-state index in [1.807, 2.05) is 0 Å². The molecule has 1 aliphatic rings. The van der Waals surface area contributed by atoms with Crippen molar-refractivity contribution in [3.63, 3.8) is 0 Å². The fraction of sp³-hybridized carbons (Fsp3) is 0.600. The average Bonchev–Trinajstić information content (AvgIpc) is 2.92. The molecule has 1 fully saturated rings. The van der Waals surface area contributed by atoms with E-state index in [9.17, 15) is 8.78 Å². The van der Waals surface area contributed by atoms with Crippen LogP contribution >= 0.6 is 0 Å². The molecule has 0 aromatic heterocycles. The topological polar surface area (TPSA) is 15.3 Å². The highest BCUT2D eigenvalue weighted by atomic mass is 19.2. The lowest BCUT2D eigenvalue weighted by atomic mass is 10.0. The zero-order chi connectivity index (χ0) is 13.8. The van der Waals surface area contributed by atoms with Gasteiger partial charge in [-0.25, -0.2) is 8.78 Å². The van der Waals surface area contributed by atoms with Crippen molar-refractivity contribution in [2.45, 2.75) is 38.8 Å². The Balaban J connectivity index is 2.17. The SMILES string of the molecule is CCCN(C1CCNC1)C(C)c1ccc(F)c(F)c1. The summed E-state index contributed by atoms with van der Waals surface area (Å²) in [6, 6.07) is 4.83. The number of hydrogen-bond acceptors (Lipinski definition) is 2. The van der Waals surface area contributed by atoms with Gasteiger partial charge in [-0.15, -0.1) is 0 Å². The first-order chi connectivity index (χ1) is 9.13. The summed E-state index contributed by atoms with van der Waals surface area (Å²) in [7, 11) is 0. The third-order valence-electron chi connectivity index (χ3n) is 3.91. The first-order valence-electron chi connectivity index (χ1n) is 7.05. The Hall–Kier alpha value is -1.00. The maximum Gasteiger partial charge on any atom is 0.159 e. The van der Waals surface area contributed by atoms with Gasteiger partial charge in [0.2, 0.25) is 0 Å². The fourth-order valence-corrected chi connectivity index (χ4v) is 2.84. The van der Waals surface area contributed by atoms with Gasteiger partial charge in [0.05, 0.1) is 0 Å². The highest BCUT2D eigenvalue weighted by Crippen LogP contribution is 2.26. The quantitative estimate of drug-likeness (QED) is 0.882. The molecular weight excluding hydrogens is 246 g/mol. The molecule has 0 aliphatic carbocycles. The highest BCUT2D eigenvalue weighted by molar-refractivity contribution is 5.21. The molecule has 1 aromatic rings. The van der Waals surface area contributed by atoms with Gasteiger partial charge in [-0.05, 0) is 50.6 Å². The summed E-state index contributed by atoms with van der Waals surface area (Å²) < 4.78 is 26.4. The third kappa shape index (κ3) is 3.31. The summed E-state index contributed by atoms with van der Waals surface area (Å²) in [6.07, 6.45) is 2.18. The first-order valence-corrected chi connectivity index (χ1v) is 7.05. The van der Waals surface area contributed by atoms with Crippen LogP contribution in [0.4, 0.5) is 8.78 Å². The Bertz CT molecular complexity index is 417. The van der Waals surface area contributed by atoms with Gasteiger partial charge in [0.1, 0.15) is 0 Å². The van der Waals surface area contributed by atoms with Crippen LogP contribution in [-0.2, 0) is 0 Å². The molecule has 2 rings (SSSR count). The van der Waals surface area contributed by atoms with Gasteiger partial charge in [-0.1, -0.05) is 13.0 Å². The van der Waals surface area contributed by atoms with E-state index in [0.717, 1.165) is 38.0 Å². The van der Waals surface area contributed by atoms with Gasteiger partial charge < -0.3 is 5.32 Å². The number of hydrogen-bond donors (Lipinski definition) is 1. The third-order valence-corrected chi connectivity index (χ3v) is 3.91. The van der Waals surface area contributed by atoms with Gasteiger partial charge in [-0.3, -0.25) is 4.90 Å². The Morgan fingerprint density at radius 2 is 2.16 bits per heavy atom. The highest BCUT2D eigenvalue weighted by Gasteiger charge is 2.26. The van der Waals surface area contributed by atoms with Crippen LogP contribution in [0.1, 0.15) is 38.3 Å². The van der Waals surface area contributed by atoms with Crippen LogP contribution < -0.4 is 5.32 Å². The van der Waals surface area contributed by atoms with Crippen LogP contribution in [0.3, 0.4) is 0 Å². The molecule has 2 atom stereocenters. The molecule has 4 heteroatoms. The first kappa shape index (κ1) is 14.4. The molecule has 2 nitrogen and oxygen atoms in total. The molecule has 1 N–H and O–H groups in total. The molecule has 1 saturated heterocycles. The second-order valence-corrected chi connectivity index (χ2v) is 5.23. The smallest absolute Gasteiger partial charge is 0.159 e. The Morgan fingerprint density at radius 1 is 1.37 bits per heavy atom. The van der Waals surface area contributed by atoms with Crippen molar-refractivity contribution in [3.8, 4) is 0 Å². The lowest BCUT2D eigenvalue weighted by Gasteiger charge is -2.34. The lowest BCUT2D eigenvalue weighted by Crippen LogP contribution is -2.39. The number of rotatable bonds is 5. The molecule has 0 amide bonds. The van der Waals surface area contributed by atoms with E-state index in [0.29, 0.717) is 6.04 Å². The van der Waals surface area contributed by atoms with E-state index < -0.39 is 11.6 Å². The maximum atomic E-state index is 13.4. The molecule has 106 valence electrons. The van der Waals surface area contributed by atoms with Crippen molar-refractivity contribution in [2.75, 3.05) is 19.6 Å². The Kier molecular flexibility index (Phi) is 4.88. The van der Waals surface area contributed by atoms with Crippen molar-refractivity contribution in [2.24, 2.45) is 0 Å². The van der Waals surface area contributed by atoms with Crippen LogP contribution in [0.15, 0.2) is 18.2 Å². The monoisotopic (exact) mass is 268 g/mol. The van der Waals surface area contributed by atoms with Crippen molar-refractivity contribution in [1.29, 1.82) is 0 Å². The zero-order valence-electron chi connectivity index (χ0n) is 11.6. The van der Waals surface area contributed by atoms with Crippen LogP contribution in [0.5, 0.6) is 0 Å². The van der Waals surface area contributed by atoms with Crippen LogP contribution in [0.25, 0.3) is 0 Å². The molecule has 2 unspecified atom stereocenters. The van der Waals surface area contributed by atoms with Gasteiger partial charge in [-0.2, -0.15) is 0 Å². The van der Waals surface area contributed by atoms with E-state index in [-0.39, 0.29) is 6.04 Å². The lowest BCUT2D eigenvalue weighted by molar-refractivity contribution is 0.153. The largest absolute Gasteiger partial charge is 0.315 e. The average molecular weight is 268 g/mol.